The van der Waals surface area contributed by atoms with Gasteiger partial charge in [-0.25, -0.2) is 0 Å². The molecule has 0 aliphatic heterocycles. The van der Waals surface area contributed by atoms with Crippen molar-refractivity contribution >= 4 is 23.4 Å². The van der Waals surface area contributed by atoms with Crippen LogP contribution in [0.3, 0.4) is 0 Å². The molecule has 0 aromatic heterocycles. The average molecular weight is 355 g/mol. The van der Waals surface area contributed by atoms with Crippen LogP contribution in [0.4, 0.5) is 5.69 Å². The molecule has 7 nitrogen and oxygen atoms in total. The fraction of sp³-hybridized carbons (Fsp3) is 0.211. The van der Waals surface area contributed by atoms with Gasteiger partial charge in [-0.15, -0.1) is 0 Å². The largest absolute Gasteiger partial charge is 0.493 e. The lowest BCUT2D eigenvalue weighted by Gasteiger charge is -2.13. The van der Waals surface area contributed by atoms with Crippen LogP contribution in [0.5, 0.6) is 5.75 Å². The van der Waals surface area contributed by atoms with Gasteiger partial charge in [-0.2, -0.15) is 0 Å². The van der Waals surface area contributed by atoms with E-state index in [0.29, 0.717) is 23.6 Å². The number of rotatable bonds is 5. The monoisotopic (exact) mass is 355 g/mol. The highest BCUT2D eigenvalue weighted by Crippen LogP contribution is 2.23. The smallest absolute Gasteiger partial charge is 0.273 e. The van der Waals surface area contributed by atoms with Crippen molar-refractivity contribution in [3.63, 3.8) is 0 Å². The molecule has 3 N–H and O–H groups in total. The van der Waals surface area contributed by atoms with Crippen molar-refractivity contribution in [3.05, 3.63) is 59.2 Å². The van der Waals surface area contributed by atoms with E-state index < -0.39 is 11.8 Å². The molecule has 0 bridgehead atoms. The third-order valence-corrected chi connectivity index (χ3v) is 3.42. The summed E-state index contributed by atoms with van der Waals surface area (Å²) in [6.45, 7) is 5.40. The first-order chi connectivity index (χ1) is 12.4. The summed E-state index contributed by atoms with van der Waals surface area (Å²) in [5, 5.41) is 2.63. The van der Waals surface area contributed by atoms with Gasteiger partial charge < -0.3 is 10.1 Å². The van der Waals surface area contributed by atoms with Crippen molar-refractivity contribution in [1.82, 2.24) is 10.9 Å². The number of ether oxygens (including phenoxy) is 1. The summed E-state index contributed by atoms with van der Waals surface area (Å²) < 4.78 is 5.46. The van der Waals surface area contributed by atoms with Crippen LogP contribution in [-0.4, -0.2) is 24.3 Å². The maximum absolute atomic E-state index is 12.4. The third kappa shape index (κ3) is 5.07. The van der Waals surface area contributed by atoms with Crippen molar-refractivity contribution in [2.45, 2.75) is 20.8 Å². The van der Waals surface area contributed by atoms with Crippen LogP contribution in [0, 0.1) is 6.92 Å². The number of anilines is 1. The topological polar surface area (TPSA) is 96.5 Å². The molecule has 0 saturated heterocycles. The third-order valence-electron chi connectivity index (χ3n) is 3.42. The molecule has 0 saturated carbocycles. The van der Waals surface area contributed by atoms with Crippen molar-refractivity contribution in [2.24, 2.45) is 0 Å². The molecule has 2 aromatic rings. The minimum atomic E-state index is -0.524. The Morgan fingerprint density at radius 2 is 1.73 bits per heavy atom. The molecule has 0 heterocycles. The zero-order valence-corrected chi connectivity index (χ0v) is 14.9. The van der Waals surface area contributed by atoms with E-state index in [0.717, 1.165) is 5.56 Å². The fourth-order valence-corrected chi connectivity index (χ4v) is 2.31. The van der Waals surface area contributed by atoms with E-state index in [9.17, 15) is 14.4 Å². The van der Waals surface area contributed by atoms with Gasteiger partial charge in [0.25, 0.3) is 11.8 Å². The molecule has 3 amide bonds. The van der Waals surface area contributed by atoms with Crippen LogP contribution in [0.1, 0.15) is 40.1 Å². The normalized spacial score (nSPS) is 9.96. The summed E-state index contributed by atoms with van der Waals surface area (Å²) in [4.78, 5) is 35.7. The Kier molecular flexibility index (Phi) is 6.32. The second-order valence-electron chi connectivity index (χ2n) is 5.60. The second-order valence-corrected chi connectivity index (χ2v) is 5.60. The Morgan fingerprint density at radius 1 is 1.00 bits per heavy atom. The quantitative estimate of drug-likeness (QED) is 0.718. The highest BCUT2D eigenvalue weighted by Gasteiger charge is 2.15. The Labute approximate surface area is 151 Å². The van der Waals surface area contributed by atoms with Crippen molar-refractivity contribution < 1.29 is 19.1 Å². The van der Waals surface area contributed by atoms with E-state index in [4.69, 9.17) is 4.74 Å². The Balaban J connectivity index is 2.10. The van der Waals surface area contributed by atoms with Crippen LogP contribution in [0.15, 0.2) is 42.5 Å². The van der Waals surface area contributed by atoms with Crippen LogP contribution in [0.25, 0.3) is 0 Å². The number of hydrogen-bond acceptors (Lipinski definition) is 4. The number of nitrogens with one attached hydrogen (secondary N) is 3. The van der Waals surface area contributed by atoms with Crippen molar-refractivity contribution in [3.8, 4) is 5.75 Å². The van der Waals surface area contributed by atoms with Gasteiger partial charge in [0.05, 0.1) is 12.2 Å². The standard InChI is InChI=1S/C19H21N3O4/c1-4-26-17-11-15(20-13(3)23)8-9-16(17)19(25)22-21-18(24)14-7-5-6-12(2)10-14/h5-11H,4H2,1-3H3,(H,20,23)(H,21,24)(H,22,25). The molecule has 7 heteroatoms. The second kappa shape index (κ2) is 8.66. The molecule has 0 spiro atoms. The number of hydrazine groups is 1. The predicted molar refractivity (Wildman–Crippen MR) is 98.0 cm³/mol. The van der Waals surface area contributed by atoms with E-state index in [2.05, 4.69) is 16.2 Å². The minimum absolute atomic E-state index is 0.227. The molecule has 0 aliphatic rings. The maximum Gasteiger partial charge on any atom is 0.273 e. The predicted octanol–water partition coefficient (Wildman–Crippen LogP) is 2.43. The number of carbonyl (C=O) groups excluding carboxylic acids is 3. The summed E-state index contributed by atoms with van der Waals surface area (Å²) >= 11 is 0. The zero-order valence-electron chi connectivity index (χ0n) is 14.9. The van der Waals surface area contributed by atoms with E-state index in [1.165, 1.54) is 13.0 Å². The van der Waals surface area contributed by atoms with Gasteiger partial charge in [-0.3, -0.25) is 25.2 Å². The van der Waals surface area contributed by atoms with Gasteiger partial charge in [0, 0.05) is 24.2 Å². The van der Waals surface area contributed by atoms with E-state index >= 15 is 0 Å². The van der Waals surface area contributed by atoms with E-state index in [-0.39, 0.29) is 11.5 Å². The fourth-order valence-electron chi connectivity index (χ4n) is 2.31. The lowest BCUT2D eigenvalue weighted by atomic mass is 10.1. The molecule has 2 aromatic carbocycles. The number of benzene rings is 2. The lowest BCUT2D eigenvalue weighted by Crippen LogP contribution is -2.41. The molecule has 0 aliphatic carbocycles. The molecular weight excluding hydrogens is 334 g/mol. The maximum atomic E-state index is 12.4. The molecular formula is C19H21N3O4. The van der Waals surface area contributed by atoms with Gasteiger partial charge in [-0.1, -0.05) is 17.7 Å². The summed E-state index contributed by atoms with van der Waals surface area (Å²) in [6.07, 6.45) is 0. The summed E-state index contributed by atoms with van der Waals surface area (Å²) in [6, 6.07) is 11.7. The van der Waals surface area contributed by atoms with Crippen molar-refractivity contribution in [2.75, 3.05) is 11.9 Å². The highest BCUT2D eigenvalue weighted by atomic mass is 16.5. The first-order valence-electron chi connectivity index (χ1n) is 8.12. The van der Waals surface area contributed by atoms with Crippen LogP contribution in [-0.2, 0) is 4.79 Å². The Hall–Kier alpha value is -3.35. The first kappa shape index (κ1) is 19.0. The van der Waals surface area contributed by atoms with Gasteiger partial charge in [0.2, 0.25) is 5.91 Å². The summed E-state index contributed by atoms with van der Waals surface area (Å²) in [5.74, 6) is -0.866. The van der Waals surface area contributed by atoms with Crippen LogP contribution < -0.4 is 20.9 Å². The van der Waals surface area contributed by atoms with Gasteiger partial charge in [0.15, 0.2) is 0 Å². The molecule has 0 radical (unpaired) electrons. The number of amides is 3. The van der Waals surface area contributed by atoms with E-state index in [1.807, 2.05) is 13.0 Å². The highest BCUT2D eigenvalue weighted by molar-refractivity contribution is 6.01. The Bertz CT molecular complexity index is 833. The summed E-state index contributed by atoms with van der Waals surface area (Å²) in [7, 11) is 0. The lowest BCUT2D eigenvalue weighted by molar-refractivity contribution is -0.114. The number of hydrogen-bond donors (Lipinski definition) is 3. The molecule has 26 heavy (non-hydrogen) atoms. The van der Waals surface area contributed by atoms with Gasteiger partial charge in [0.1, 0.15) is 5.75 Å². The van der Waals surface area contributed by atoms with Crippen LogP contribution >= 0.6 is 0 Å². The number of carbonyl (C=O) groups is 3. The van der Waals surface area contributed by atoms with Gasteiger partial charge in [-0.05, 0) is 38.1 Å². The van der Waals surface area contributed by atoms with Crippen molar-refractivity contribution in [1.29, 1.82) is 0 Å². The molecule has 0 atom stereocenters. The molecule has 0 unspecified atom stereocenters. The first-order valence-corrected chi connectivity index (χ1v) is 8.12. The SMILES string of the molecule is CCOc1cc(NC(C)=O)ccc1C(=O)NNC(=O)c1cccc(C)c1. The number of aryl methyl sites for hydroxylation is 1. The summed E-state index contributed by atoms with van der Waals surface area (Å²) in [5.41, 5.74) is 6.88. The minimum Gasteiger partial charge on any atom is -0.493 e. The van der Waals surface area contributed by atoms with E-state index in [1.54, 1.807) is 37.3 Å². The zero-order chi connectivity index (χ0) is 19.1. The average Bonchev–Trinajstić information content (AvgIpc) is 2.59. The van der Waals surface area contributed by atoms with Gasteiger partial charge >= 0.3 is 0 Å². The van der Waals surface area contributed by atoms with Crippen LogP contribution in [0.2, 0.25) is 0 Å². The Morgan fingerprint density at radius 3 is 2.38 bits per heavy atom. The molecule has 2 rings (SSSR count). The molecule has 0 fully saturated rings. The molecule has 136 valence electrons.